The maximum atomic E-state index is 10.7. The van der Waals surface area contributed by atoms with Crippen LogP contribution >= 0.6 is 0 Å². The van der Waals surface area contributed by atoms with Crippen LogP contribution in [0.1, 0.15) is 19.8 Å². The molecular formula is C8H16N2O2. The fourth-order valence-corrected chi connectivity index (χ4v) is 1.39. The zero-order valence-electron chi connectivity index (χ0n) is 7.67. The minimum atomic E-state index is -0.710. The van der Waals surface area contributed by atoms with Gasteiger partial charge in [-0.25, -0.2) is 0 Å². The molecule has 0 unspecified atom stereocenters. The summed E-state index contributed by atoms with van der Waals surface area (Å²) < 4.78 is 5.04. The number of hydrogen-bond acceptors (Lipinski definition) is 4. The highest BCUT2D eigenvalue weighted by Crippen LogP contribution is 2.19. The van der Waals surface area contributed by atoms with Crippen LogP contribution in [0, 0.1) is 0 Å². The molecule has 70 valence electrons. The van der Waals surface area contributed by atoms with Gasteiger partial charge in [-0.3, -0.25) is 10.5 Å². The van der Waals surface area contributed by atoms with Crippen LogP contribution in [0.4, 0.5) is 0 Å². The van der Waals surface area contributed by atoms with E-state index in [0.29, 0.717) is 0 Å². The predicted octanol–water partition coefficient (Wildman–Crippen LogP) is -0.0699. The minimum Gasteiger partial charge on any atom is -0.444 e. The molecule has 1 fully saturated rings. The molecule has 12 heavy (non-hydrogen) atoms. The third-order valence-electron chi connectivity index (χ3n) is 2.18. The number of carbonyl (C=O) groups excluding carboxylic acids is 1. The largest absolute Gasteiger partial charge is 0.444 e. The van der Waals surface area contributed by atoms with Crippen LogP contribution in [0.15, 0.2) is 0 Å². The van der Waals surface area contributed by atoms with Gasteiger partial charge in [0.05, 0.1) is 0 Å². The van der Waals surface area contributed by atoms with Crippen LogP contribution in [0.3, 0.4) is 0 Å². The summed E-state index contributed by atoms with van der Waals surface area (Å²) in [7, 11) is 2.04. The molecule has 1 aliphatic heterocycles. The summed E-state index contributed by atoms with van der Waals surface area (Å²) in [5.41, 5.74) is 5.14. The summed E-state index contributed by atoms with van der Waals surface area (Å²) >= 11 is 0. The Labute approximate surface area is 72.7 Å². The lowest BCUT2D eigenvalue weighted by molar-refractivity contribution is -0.161. The van der Waals surface area contributed by atoms with Gasteiger partial charge >= 0.3 is 5.97 Å². The van der Waals surface area contributed by atoms with E-state index in [1.807, 2.05) is 7.05 Å². The maximum absolute atomic E-state index is 10.7. The summed E-state index contributed by atoms with van der Waals surface area (Å²) in [6.07, 6.45) is 1.45. The second-order valence-corrected chi connectivity index (χ2v) is 3.46. The van der Waals surface area contributed by atoms with Crippen molar-refractivity contribution in [2.24, 2.45) is 5.73 Å². The first-order valence-corrected chi connectivity index (χ1v) is 4.19. The Balaban J connectivity index is 2.44. The number of rotatable bonds is 1. The van der Waals surface area contributed by atoms with E-state index in [1.54, 1.807) is 0 Å². The molecule has 0 aromatic rings. The summed E-state index contributed by atoms with van der Waals surface area (Å²) in [6.45, 7) is 3.18. The molecule has 1 saturated heterocycles. The minimum absolute atomic E-state index is 0.290. The van der Waals surface area contributed by atoms with Gasteiger partial charge < -0.3 is 9.64 Å². The van der Waals surface area contributed by atoms with Crippen molar-refractivity contribution in [1.82, 2.24) is 4.90 Å². The second-order valence-electron chi connectivity index (χ2n) is 3.46. The smallest absolute Gasteiger partial charge is 0.304 e. The molecule has 0 amide bonds. The number of piperidine rings is 1. The molecule has 4 heteroatoms. The highest BCUT2D eigenvalue weighted by Gasteiger charge is 2.32. The number of hydrogen-bond donors (Lipinski definition) is 1. The number of esters is 1. The van der Waals surface area contributed by atoms with Crippen molar-refractivity contribution in [3.8, 4) is 0 Å². The Kier molecular flexibility index (Phi) is 2.69. The van der Waals surface area contributed by atoms with Crippen molar-refractivity contribution in [1.29, 1.82) is 0 Å². The van der Waals surface area contributed by atoms with Crippen molar-refractivity contribution in [2.75, 3.05) is 20.1 Å². The molecule has 1 rings (SSSR count). The first kappa shape index (κ1) is 9.48. The molecule has 2 N–H and O–H groups in total. The first-order valence-electron chi connectivity index (χ1n) is 4.19. The van der Waals surface area contributed by atoms with E-state index in [0.717, 1.165) is 25.9 Å². The molecule has 1 aliphatic rings. The van der Waals surface area contributed by atoms with Crippen molar-refractivity contribution in [3.05, 3.63) is 0 Å². The second kappa shape index (κ2) is 3.41. The van der Waals surface area contributed by atoms with Gasteiger partial charge in [0.15, 0.2) is 5.72 Å². The van der Waals surface area contributed by atoms with E-state index in [2.05, 4.69) is 4.90 Å². The van der Waals surface area contributed by atoms with E-state index < -0.39 is 5.72 Å². The molecule has 0 radical (unpaired) electrons. The van der Waals surface area contributed by atoms with Gasteiger partial charge in [0.1, 0.15) is 0 Å². The van der Waals surface area contributed by atoms with Crippen molar-refractivity contribution < 1.29 is 9.53 Å². The van der Waals surface area contributed by atoms with Crippen LogP contribution in [0.2, 0.25) is 0 Å². The standard InChI is InChI=1S/C8H16N2O2/c1-7(11)12-8(9)3-5-10(2)6-4-8/h3-6,9H2,1-2H3. The zero-order valence-corrected chi connectivity index (χ0v) is 7.67. The van der Waals surface area contributed by atoms with Gasteiger partial charge in [0.25, 0.3) is 0 Å². The topological polar surface area (TPSA) is 55.6 Å². The van der Waals surface area contributed by atoms with Gasteiger partial charge in [0.2, 0.25) is 0 Å². The van der Waals surface area contributed by atoms with Crippen LogP contribution < -0.4 is 5.73 Å². The molecule has 4 nitrogen and oxygen atoms in total. The van der Waals surface area contributed by atoms with E-state index in [-0.39, 0.29) is 5.97 Å². The Hall–Kier alpha value is -0.610. The Bertz CT molecular complexity index is 174. The average Bonchev–Trinajstić information content (AvgIpc) is 1.94. The van der Waals surface area contributed by atoms with Crippen LogP contribution in [0.5, 0.6) is 0 Å². The van der Waals surface area contributed by atoms with E-state index in [9.17, 15) is 4.79 Å². The number of ether oxygens (including phenoxy) is 1. The van der Waals surface area contributed by atoms with Gasteiger partial charge in [-0.1, -0.05) is 0 Å². The fourth-order valence-electron chi connectivity index (χ4n) is 1.39. The quantitative estimate of drug-likeness (QED) is 0.444. The number of likely N-dealkylation sites (tertiary alicyclic amines) is 1. The Morgan fingerprint density at radius 2 is 2.00 bits per heavy atom. The zero-order chi connectivity index (χ0) is 9.19. The lowest BCUT2D eigenvalue weighted by atomic mass is 10.0. The average molecular weight is 172 g/mol. The van der Waals surface area contributed by atoms with E-state index in [4.69, 9.17) is 10.5 Å². The normalized spacial score (nSPS) is 23.6. The summed E-state index contributed by atoms with van der Waals surface area (Å²) in [5, 5.41) is 0. The maximum Gasteiger partial charge on any atom is 0.304 e. The van der Waals surface area contributed by atoms with E-state index >= 15 is 0 Å². The van der Waals surface area contributed by atoms with Gasteiger partial charge in [-0.15, -0.1) is 0 Å². The monoisotopic (exact) mass is 172 g/mol. The molecule has 0 aliphatic carbocycles. The highest BCUT2D eigenvalue weighted by molar-refractivity contribution is 5.66. The molecule has 0 bridgehead atoms. The lowest BCUT2D eigenvalue weighted by Gasteiger charge is -2.36. The van der Waals surface area contributed by atoms with Gasteiger partial charge in [0, 0.05) is 32.9 Å². The van der Waals surface area contributed by atoms with Crippen molar-refractivity contribution >= 4 is 5.97 Å². The molecule has 0 aromatic heterocycles. The summed E-state index contributed by atoms with van der Waals surface area (Å²) in [6, 6.07) is 0. The molecule has 0 spiro atoms. The predicted molar refractivity (Wildman–Crippen MR) is 45.4 cm³/mol. The third-order valence-corrected chi connectivity index (χ3v) is 2.18. The number of nitrogens with zero attached hydrogens (tertiary/aromatic N) is 1. The highest BCUT2D eigenvalue weighted by atomic mass is 16.6. The lowest BCUT2D eigenvalue weighted by Crippen LogP contribution is -2.52. The summed E-state index contributed by atoms with van der Waals surface area (Å²) in [5.74, 6) is -0.290. The SMILES string of the molecule is CC(=O)OC1(N)CCN(C)CC1. The van der Waals surface area contributed by atoms with Crippen LogP contribution in [0.25, 0.3) is 0 Å². The molecule has 0 saturated carbocycles. The molecule has 1 heterocycles. The molecular weight excluding hydrogens is 156 g/mol. The number of nitrogens with two attached hydrogens (primary N) is 1. The first-order chi connectivity index (χ1) is 5.52. The van der Waals surface area contributed by atoms with Gasteiger partial charge in [-0.05, 0) is 7.05 Å². The van der Waals surface area contributed by atoms with Gasteiger partial charge in [-0.2, -0.15) is 0 Å². The number of carbonyl (C=O) groups is 1. The van der Waals surface area contributed by atoms with Crippen LogP contribution in [-0.4, -0.2) is 36.7 Å². The molecule has 0 atom stereocenters. The van der Waals surface area contributed by atoms with Crippen molar-refractivity contribution in [3.63, 3.8) is 0 Å². The van der Waals surface area contributed by atoms with E-state index in [1.165, 1.54) is 6.92 Å². The Morgan fingerprint density at radius 1 is 1.50 bits per heavy atom. The molecule has 0 aromatic carbocycles. The fraction of sp³-hybridized carbons (Fsp3) is 0.875. The third kappa shape index (κ3) is 2.46. The Morgan fingerprint density at radius 3 is 2.42 bits per heavy atom. The van der Waals surface area contributed by atoms with Crippen LogP contribution in [-0.2, 0) is 9.53 Å². The summed E-state index contributed by atoms with van der Waals surface area (Å²) in [4.78, 5) is 12.9. The van der Waals surface area contributed by atoms with Crippen molar-refractivity contribution in [2.45, 2.75) is 25.5 Å².